The van der Waals surface area contributed by atoms with Gasteiger partial charge in [-0.25, -0.2) is 0 Å². The molecule has 4 heteroatoms. The van der Waals surface area contributed by atoms with Gasteiger partial charge in [0.1, 0.15) is 0 Å². The number of nitrogens with two attached hydrogens (primary N) is 1. The third-order valence-corrected chi connectivity index (χ3v) is 4.80. The number of carbonyl (C=O) groups excluding carboxylic acids is 1. The van der Waals surface area contributed by atoms with Gasteiger partial charge in [0.05, 0.1) is 12.1 Å². The minimum atomic E-state index is -0.0658. The van der Waals surface area contributed by atoms with Crippen molar-refractivity contribution >= 4 is 5.91 Å². The molecule has 2 atom stereocenters. The van der Waals surface area contributed by atoms with Gasteiger partial charge in [-0.15, -0.1) is 0 Å². The van der Waals surface area contributed by atoms with Crippen LogP contribution < -0.4 is 5.73 Å². The maximum Gasteiger partial charge on any atom is 0.225 e. The molecule has 2 N–H and O–H groups in total. The Hall–Kier alpha value is -1.39. The molecule has 2 aliphatic rings. The minimum absolute atomic E-state index is 0.0545. The Balaban J connectivity index is 1.78. The molecule has 22 heavy (non-hydrogen) atoms. The highest BCUT2D eigenvalue weighted by atomic mass is 16.5. The molecule has 0 aromatic heterocycles. The second-order valence-corrected chi connectivity index (χ2v) is 6.77. The number of hydrogen-bond acceptors (Lipinski definition) is 3. The molecule has 0 spiro atoms. The highest BCUT2D eigenvalue weighted by molar-refractivity contribution is 5.78. The van der Waals surface area contributed by atoms with E-state index in [1.807, 2.05) is 18.7 Å². The van der Waals surface area contributed by atoms with E-state index < -0.39 is 0 Å². The van der Waals surface area contributed by atoms with Crippen molar-refractivity contribution in [3.05, 3.63) is 34.9 Å². The zero-order valence-electron chi connectivity index (χ0n) is 13.5. The first kappa shape index (κ1) is 15.5. The maximum atomic E-state index is 12.2. The van der Waals surface area contributed by atoms with Gasteiger partial charge in [-0.2, -0.15) is 0 Å². The van der Waals surface area contributed by atoms with Gasteiger partial charge >= 0.3 is 0 Å². The van der Waals surface area contributed by atoms with Crippen LogP contribution in [0.3, 0.4) is 0 Å². The van der Waals surface area contributed by atoms with E-state index in [9.17, 15) is 4.79 Å². The average molecular weight is 302 g/mol. The first-order chi connectivity index (χ1) is 10.6. The van der Waals surface area contributed by atoms with Crippen molar-refractivity contribution in [1.29, 1.82) is 0 Å². The Morgan fingerprint density at radius 3 is 2.86 bits per heavy atom. The number of fused-ring (bicyclic) bond motifs is 1. The summed E-state index contributed by atoms with van der Waals surface area (Å²) in [5.41, 5.74) is 10.1. The fraction of sp³-hybridized carbons (Fsp3) is 0.611. The zero-order valence-corrected chi connectivity index (χ0v) is 13.5. The lowest BCUT2D eigenvalue weighted by Gasteiger charge is -2.31. The van der Waals surface area contributed by atoms with Crippen molar-refractivity contribution in [2.24, 2.45) is 11.7 Å². The molecule has 4 nitrogen and oxygen atoms in total. The molecule has 2 aliphatic heterocycles. The smallest absolute Gasteiger partial charge is 0.225 e. The van der Waals surface area contributed by atoms with Crippen molar-refractivity contribution in [3.8, 4) is 0 Å². The minimum Gasteiger partial charge on any atom is -0.376 e. The lowest BCUT2D eigenvalue weighted by Crippen LogP contribution is -2.38. The summed E-state index contributed by atoms with van der Waals surface area (Å²) in [6, 6.07) is 6.42. The Morgan fingerprint density at radius 2 is 2.18 bits per heavy atom. The molecule has 0 aliphatic carbocycles. The van der Waals surface area contributed by atoms with Crippen molar-refractivity contribution in [2.45, 2.75) is 51.8 Å². The van der Waals surface area contributed by atoms with Crippen LogP contribution in [-0.2, 0) is 22.5 Å². The lowest BCUT2D eigenvalue weighted by atomic mass is 9.92. The summed E-state index contributed by atoms with van der Waals surface area (Å²) < 4.78 is 5.71. The first-order valence-electron chi connectivity index (χ1n) is 8.34. The fourth-order valence-electron chi connectivity index (χ4n) is 3.44. The Morgan fingerprint density at radius 1 is 1.36 bits per heavy atom. The van der Waals surface area contributed by atoms with Crippen LogP contribution in [0.1, 0.15) is 49.4 Å². The third kappa shape index (κ3) is 3.03. The quantitative estimate of drug-likeness (QED) is 0.933. The van der Waals surface area contributed by atoms with Gasteiger partial charge in [0.25, 0.3) is 0 Å². The Bertz CT molecular complexity index is 550. The average Bonchev–Trinajstić information content (AvgIpc) is 3.06. The summed E-state index contributed by atoms with van der Waals surface area (Å²) in [4.78, 5) is 14.2. The van der Waals surface area contributed by atoms with Crippen molar-refractivity contribution < 1.29 is 9.53 Å². The Kier molecular flexibility index (Phi) is 4.50. The van der Waals surface area contributed by atoms with Gasteiger partial charge in [-0.3, -0.25) is 4.79 Å². The van der Waals surface area contributed by atoms with Crippen LogP contribution in [-0.4, -0.2) is 30.1 Å². The molecule has 3 rings (SSSR count). The fourth-order valence-corrected chi connectivity index (χ4v) is 3.44. The highest BCUT2D eigenvalue weighted by Gasteiger charge is 2.26. The topological polar surface area (TPSA) is 55.6 Å². The maximum absolute atomic E-state index is 12.2. The molecule has 0 radical (unpaired) electrons. The van der Waals surface area contributed by atoms with Gasteiger partial charge in [0.15, 0.2) is 0 Å². The van der Waals surface area contributed by atoms with Crippen LogP contribution in [0.2, 0.25) is 0 Å². The summed E-state index contributed by atoms with van der Waals surface area (Å²) in [5.74, 6) is 0.290. The molecule has 0 bridgehead atoms. The normalized spacial score (nSPS) is 22.7. The first-order valence-corrected chi connectivity index (χ1v) is 8.34. The molecule has 0 saturated carbocycles. The van der Waals surface area contributed by atoms with Gasteiger partial charge in [-0.1, -0.05) is 32.0 Å². The van der Waals surface area contributed by atoms with Crippen LogP contribution in [0, 0.1) is 5.92 Å². The summed E-state index contributed by atoms with van der Waals surface area (Å²) in [7, 11) is 0. The van der Waals surface area contributed by atoms with E-state index in [-0.39, 0.29) is 24.0 Å². The van der Waals surface area contributed by atoms with E-state index in [0.29, 0.717) is 6.54 Å². The second kappa shape index (κ2) is 6.39. The lowest BCUT2D eigenvalue weighted by molar-refractivity contribution is -0.135. The zero-order chi connectivity index (χ0) is 15.7. The van der Waals surface area contributed by atoms with Gasteiger partial charge in [0, 0.05) is 25.6 Å². The van der Waals surface area contributed by atoms with Crippen LogP contribution in [0.4, 0.5) is 0 Å². The van der Waals surface area contributed by atoms with E-state index >= 15 is 0 Å². The molecular formula is C18H26N2O2. The summed E-state index contributed by atoms with van der Waals surface area (Å²) in [5, 5.41) is 0. The second-order valence-electron chi connectivity index (χ2n) is 6.77. The predicted octanol–water partition coefficient (Wildman–Crippen LogP) is 2.41. The standard InChI is InChI=1S/C18H26N2O2/c1-12(2)18(21)20-8-7-13-5-6-14(10-15(13)11-20)17(19)16-4-3-9-22-16/h5-6,10,12,16-17H,3-4,7-9,11,19H2,1-2H3. The highest BCUT2D eigenvalue weighted by Crippen LogP contribution is 2.28. The number of benzene rings is 1. The molecule has 2 unspecified atom stereocenters. The van der Waals surface area contributed by atoms with E-state index in [1.54, 1.807) is 0 Å². The predicted molar refractivity (Wildman–Crippen MR) is 86.3 cm³/mol. The number of ether oxygens (including phenoxy) is 1. The number of nitrogens with zero attached hydrogens (tertiary/aromatic N) is 1. The van der Waals surface area contributed by atoms with Crippen LogP contribution >= 0.6 is 0 Å². The number of carbonyl (C=O) groups is 1. The molecule has 120 valence electrons. The molecular weight excluding hydrogens is 276 g/mol. The van der Waals surface area contributed by atoms with Crippen LogP contribution in [0.15, 0.2) is 18.2 Å². The number of hydrogen-bond donors (Lipinski definition) is 1. The van der Waals surface area contributed by atoms with E-state index in [0.717, 1.165) is 38.0 Å². The van der Waals surface area contributed by atoms with Crippen LogP contribution in [0.25, 0.3) is 0 Å². The monoisotopic (exact) mass is 302 g/mol. The molecule has 1 saturated heterocycles. The van der Waals surface area contributed by atoms with Gasteiger partial charge < -0.3 is 15.4 Å². The molecule has 1 fully saturated rings. The third-order valence-electron chi connectivity index (χ3n) is 4.80. The van der Waals surface area contributed by atoms with Crippen LogP contribution in [0.5, 0.6) is 0 Å². The van der Waals surface area contributed by atoms with Crippen molar-refractivity contribution in [2.75, 3.05) is 13.2 Å². The number of rotatable bonds is 3. The SMILES string of the molecule is CC(C)C(=O)N1CCc2ccc(C(N)C3CCCO3)cc2C1. The van der Waals surface area contributed by atoms with Gasteiger partial charge in [-0.05, 0) is 36.0 Å². The van der Waals surface area contributed by atoms with E-state index in [4.69, 9.17) is 10.5 Å². The van der Waals surface area contributed by atoms with Gasteiger partial charge in [0.2, 0.25) is 5.91 Å². The molecule has 1 aromatic carbocycles. The largest absolute Gasteiger partial charge is 0.376 e. The summed E-state index contributed by atoms with van der Waals surface area (Å²) in [6.07, 6.45) is 3.20. The molecule has 1 amide bonds. The summed E-state index contributed by atoms with van der Waals surface area (Å²) >= 11 is 0. The molecule has 2 heterocycles. The Labute approximate surface area is 132 Å². The molecule has 1 aromatic rings. The van der Waals surface area contributed by atoms with E-state index in [2.05, 4.69) is 18.2 Å². The van der Waals surface area contributed by atoms with E-state index in [1.165, 1.54) is 11.1 Å². The summed E-state index contributed by atoms with van der Waals surface area (Å²) in [6.45, 7) is 6.27. The number of amides is 1. The van der Waals surface area contributed by atoms with Crippen molar-refractivity contribution in [1.82, 2.24) is 4.90 Å². The van der Waals surface area contributed by atoms with Crippen molar-refractivity contribution in [3.63, 3.8) is 0 Å².